The molecule has 1 heterocycles. The number of fused-ring (bicyclic) bond motifs is 1. The van der Waals surface area contributed by atoms with E-state index in [1.54, 1.807) is 6.07 Å². The lowest BCUT2D eigenvalue weighted by atomic mass is 9.86. The Labute approximate surface area is 186 Å². The maximum absolute atomic E-state index is 13.8. The molecule has 0 radical (unpaired) electrons. The molecule has 0 saturated carbocycles. The van der Waals surface area contributed by atoms with Crippen LogP contribution < -0.4 is 19.6 Å². The SMILES string of the molecule is COc1ccc(Oc2c(C(F)(F)F)oc3cc(OCC(=O)O)ccc3c2=O)c(C(C)(C)C)c1. The predicted molar refractivity (Wildman–Crippen MR) is 112 cm³/mol. The third kappa shape index (κ3) is 5.21. The van der Waals surface area contributed by atoms with E-state index in [4.69, 9.17) is 23.7 Å². The third-order valence-corrected chi connectivity index (χ3v) is 4.65. The molecule has 33 heavy (non-hydrogen) atoms. The van der Waals surface area contributed by atoms with Gasteiger partial charge in [0.1, 0.15) is 22.8 Å². The fourth-order valence-electron chi connectivity index (χ4n) is 3.09. The molecule has 10 heteroatoms. The van der Waals surface area contributed by atoms with Gasteiger partial charge in [0.05, 0.1) is 12.5 Å². The van der Waals surface area contributed by atoms with Gasteiger partial charge in [0.15, 0.2) is 6.61 Å². The van der Waals surface area contributed by atoms with Gasteiger partial charge in [-0.15, -0.1) is 0 Å². The van der Waals surface area contributed by atoms with Gasteiger partial charge in [-0.2, -0.15) is 13.2 Å². The van der Waals surface area contributed by atoms with E-state index in [0.29, 0.717) is 11.3 Å². The summed E-state index contributed by atoms with van der Waals surface area (Å²) in [6.07, 6.45) is -5.05. The number of carbonyl (C=O) groups is 1. The molecule has 0 spiro atoms. The van der Waals surface area contributed by atoms with Crippen molar-refractivity contribution in [1.82, 2.24) is 0 Å². The zero-order valence-electron chi connectivity index (χ0n) is 18.2. The standard InChI is InChI=1S/C23H21F3O7/c1-22(2,3)15-9-12(30-4)6-8-16(15)32-20-19(29)14-7-5-13(31-11-18(27)28)10-17(14)33-21(20)23(24,25)26/h5-10H,11H2,1-4H3,(H,27,28). The van der Waals surface area contributed by atoms with Crippen molar-refractivity contribution in [2.24, 2.45) is 0 Å². The molecular weight excluding hydrogens is 445 g/mol. The van der Waals surface area contributed by atoms with Crippen LogP contribution in [-0.4, -0.2) is 24.8 Å². The lowest BCUT2D eigenvalue weighted by Gasteiger charge is -2.24. The minimum atomic E-state index is -5.05. The molecule has 0 saturated heterocycles. The van der Waals surface area contributed by atoms with Crippen LogP contribution >= 0.6 is 0 Å². The fraction of sp³-hybridized carbons (Fsp3) is 0.304. The van der Waals surface area contributed by atoms with Gasteiger partial charge in [-0.3, -0.25) is 4.79 Å². The normalized spacial score (nSPS) is 12.0. The van der Waals surface area contributed by atoms with Gasteiger partial charge in [-0.25, -0.2) is 4.79 Å². The summed E-state index contributed by atoms with van der Waals surface area (Å²) in [6, 6.07) is 8.01. The topological polar surface area (TPSA) is 95.2 Å². The summed E-state index contributed by atoms with van der Waals surface area (Å²) < 4.78 is 62.2. The Morgan fingerprint density at radius 2 is 1.73 bits per heavy atom. The molecule has 1 aromatic heterocycles. The minimum Gasteiger partial charge on any atom is -0.497 e. The Hall–Kier alpha value is -3.69. The first-order chi connectivity index (χ1) is 15.3. The maximum Gasteiger partial charge on any atom is 0.453 e. The number of ether oxygens (including phenoxy) is 3. The molecule has 176 valence electrons. The van der Waals surface area contributed by atoms with Crippen LogP contribution in [0.2, 0.25) is 0 Å². The van der Waals surface area contributed by atoms with E-state index < -0.39 is 46.7 Å². The Bertz CT molecular complexity index is 1250. The minimum absolute atomic E-state index is 0.0434. The Morgan fingerprint density at radius 3 is 2.30 bits per heavy atom. The first kappa shape index (κ1) is 24.0. The van der Waals surface area contributed by atoms with E-state index in [1.807, 2.05) is 20.8 Å². The number of hydrogen-bond donors (Lipinski definition) is 1. The first-order valence-corrected chi connectivity index (χ1v) is 9.70. The summed E-state index contributed by atoms with van der Waals surface area (Å²) in [5, 5.41) is 8.51. The number of carboxylic acid groups (broad SMARTS) is 1. The fourth-order valence-corrected chi connectivity index (χ4v) is 3.09. The first-order valence-electron chi connectivity index (χ1n) is 9.70. The smallest absolute Gasteiger partial charge is 0.453 e. The van der Waals surface area contributed by atoms with Gasteiger partial charge in [0.25, 0.3) is 5.76 Å². The zero-order chi connectivity index (χ0) is 24.6. The lowest BCUT2D eigenvalue weighted by Crippen LogP contribution is -2.18. The highest BCUT2D eigenvalue weighted by Gasteiger charge is 2.41. The summed E-state index contributed by atoms with van der Waals surface area (Å²) in [7, 11) is 1.45. The number of hydrogen-bond acceptors (Lipinski definition) is 6. The molecule has 2 aromatic carbocycles. The van der Waals surface area contributed by atoms with Crippen molar-refractivity contribution in [3.05, 3.63) is 57.9 Å². The van der Waals surface area contributed by atoms with E-state index in [2.05, 4.69) is 0 Å². The molecule has 0 aliphatic rings. The van der Waals surface area contributed by atoms with Gasteiger partial charge in [-0.05, 0) is 35.7 Å². The monoisotopic (exact) mass is 466 g/mol. The van der Waals surface area contributed by atoms with Crippen LogP contribution in [0.1, 0.15) is 32.1 Å². The highest BCUT2D eigenvalue weighted by Crippen LogP contribution is 2.41. The van der Waals surface area contributed by atoms with Gasteiger partial charge in [0, 0.05) is 11.6 Å². The van der Waals surface area contributed by atoms with Crippen molar-refractivity contribution in [3.63, 3.8) is 0 Å². The van der Waals surface area contributed by atoms with Crippen LogP contribution in [-0.2, 0) is 16.4 Å². The maximum atomic E-state index is 13.8. The van der Waals surface area contributed by atoms with E-state index in [1.165, 1.54) is 31.4 Å². The number of alkyl halides is 3. The van der Waals surface area contributed by atoms with E-state index in [0.717, 1.165) is 6.07 Å². The number of aliphatic carboxylic acids is 1. The molecule has 1 N–H and O–H groups in total. The van der Waals surface area contributed by atoms with Crippen LogP contribution in [0, 0.1) is 0 Å². The molecule has 0 fully saturated rings. The molecule has 3 rings (SSSR count). The van der Waals surface area contributed by atoms with Crippen molar-refractivity contribution in [3.8, 4) is 23.0 Å². The van der Waals surface area contributed by atoms with Crippen LogP contribution in [0.25, 0.3) is 11.0 Å². The number of rotatable bonds is 6. The molecule has 0 bridgehead atoms. The van der Waals surface area contributed by atoms with Crippen LogP contribution in [0.5, 0.6) is 23.0 Å². The van der Waals surface area contributed by atoms with Gasteiger partial charge in [-0.1, -0.05) is 20.8 Å². The Kier molecular flexibility index (Phi) is 6.31. The highest BCUT2D eigenvalue weighted by molar-refractivity contribution is 5.80. The van der Waals surface area contributed by atoms with E-state index >= 15 is 0 Å². The van der Waals surface area contributed by atoms with Crippen LogP contribution in [0.3, 0.4) is 0 Å². The van der Waals surface area contributed by atoms with E-state index in [9.17, 15) is 22.8 Å². The second kappa shape index (κ2) is 8.68. The second-order valence-electron chi connectivity index (χ2n) is 8.14. The average Bonchev–Trinajstić information content (AvgIpc) is 2.72. The van der Waals surface area contributed by atoms with E-state index in [-0.39, 0.29) is 16.9 Å². The lowest BCUT2D eigenvalue weighted by molar-refractivity contribution is -0.154. The Morgan fingerprint density at radius 1 is 1.06 bits per heavy atom. The van der Waals surface area contributed by atoms with Crippen LogP contribution in [0.4, 0.5) is 13.2 Å². The summed E-state index contributed by atoms with van der Waals surface area (Å²) >= 11 is 0. The van der Waals surface area contributed by atoms with Crippen LogP contribution in [0.15, 0.2) is 45.6 Å². The van der Waals surface area contributed by atoms with Gasteiger partial charge >= 0.3 is 12.1 Å². The van der Waals surface area contributed by atoms with Gasteiger partial charge < -0.3 is 23.7 Å². The number of benzene rings is 2. The molecule has 0 amide bonds. The molecule has 3 aromatic rings. The number of halogens is 3. The molecule has 7 nitrogen and oxygen atoms in total. The quantitative estimate of drug-likeness (QED) is 0.522. The molecule has 0 aliphatic carbocycles. The Balaban J connectivity index is 2.19. The molecule has 0 aliphatic heterocycles. The van der Waals surface area contributed by atoms with Crippen molar-refractivity contribution < 1.29 is 41.7 Å². The molecular formula is C23H21F3O7. The summed E-state index contributed by atoms with van der Waals surface area (Å²) in [6.45, 7) is 4.79. The average molecular weight is 466 g/mol. The van der Waals surface area contributed by atoms with Crippen molar-refractivity contribution >= 4 is 16.9 Å². The van der Waals surface area contributed by atoms with Crippen molar-refractivity contribution in [1.29, 1.82) is 0 Å². The largest absolute Gasteiger partial charge is 0.497 e. The second-order valence-corrected chi connectivity index (χ2v) is 8.14. The van der Waals surface area contributed by atoms with Gasteiger partial charge in [0.2, 0.25) is 11.2 Å². The summed E-state index contributed by atoms with van der Waals surface area (Å²) in [5.41, 5.74) is -1.49. The highest BCUT2D eigenvalue weighted by atomic mass is 19.4. The number of methoxy groups -OCH3 is 1. The third-order valence-electron chi connectivity index (χ3n) is 4.65. The number of carboxylic acids is 1. The summed E-state index contributed by atoms with van der Waals surface area (Å²) in [5.74, 6) is -3.45. The summed E-state index contributed by atoms with van der Waals surface area (Å²) in [4.78, 5) is 23.7. The zero-order valence-corrected chi connectivity index (χ0v) is 18.2. The van der Waals surface area contributed by atoms with Crippen molar-refractivity contribution in [2.75, 3.05) is 13.7 Å². The molecule has 0 atom stereocenters. The predicted octanol–water partition coefficient (Wildman–Crippen LogP) is 5.37. The molecule has 0 unspecified atom stereocenters. The van der Waals surface area contributed by atoms with Crippen molar-refractivity contribution in [2.45, 2.75) is 32.4 Å².